The summed E-state index contributed by atoms with van der Waals surface area (Å²) in [7, 11) is 0. The third-order valence-electron chi connectivity index (χ3n) is 5.49. The van der Waals surface area contributed by atoms with Gasteiger partial charge in [-0.25, -0.2) is 4.98 Å². The third-order valence-corrected chi connectivity index (χ3v) is 6.38. The van der Waals surface area contributed by atoms with Gasteiger partial charge in [0, 0.05) is 16.6 Å². The third kappa shape index (κ3) is 4.16. The number of rotatable bonds is 5. The van der Waals surface area contributed by atoms with Gasteiger partial charge >= 0.3 is 0 Å². The van der Waals surface area contributed by atoms with Crippen molar-refractivity contribution in [3.8, 4) is 11.1 Å². The van der Waals surface area contributed by atoms with E-state index in [9.17, 15) is 9.59 Å². The molecule has 31 heavy (non-hydrogen) atoms. The molecule has 0 aliphatic carbocycles. The molecule has 4 aromatic rings. The molecule has 2 heterocycles. The van der Waals surface area contributed by atoms with Crippen LogP contribution in [-0.2, 0) is 17.8 Å². The maximum absolute atomic E-state index is 13.2. The van der Waals surface area contributed by atoms with Crippen molar-refractivity contribution in [3.63, 3.8) is 0 Å². The van der Waals surface area contributed by atoms with Gasteiger partial charge in [-0.15, -0.1) is 11.3 Å². The van der Waals surface area contributed by atoms with Crippen molar-refractivity contribution < 1.29 is 4.79 Å². The Morgan fingerprint density at radius 2 is 1.77 bits per heavy atom. The normalized spacial score (nSPS) is 11.1. The second-order valence-corrected chi connectivity index (χ2v) is 8.74. The second kappa shape index (κ2) is 8.47. The molecule has 158 valence electrons. The number of carbonyl (C=O) groups excluding carboxylic acids is 1. The molecular weight excluding hydrogens is 406 g/mol. The summed E-state index contributed by atoms with van der Waals surface area (Å²) >= 11 is 1.44. The maximum atomic E-state index is 13.2. The van der Waals surface area contributed by atoms with Crippen molar-refractivity contribution >= 4 is 33.1 Å². The van der Waals surface area contributed by atoms with Crippen LogP contribution in [0.4, 0.5) is 5.69 Å². The fourth-order valence-electron chi connectivity index (χ4n) is 3.92. The average Bonchev–Trinajstić information content (AvgIpc) is 3.18. The van der Waals surface area contributed by atoms with E-state index in [2.05, 4.69) is 29.4 Å². The number of fused-ring (bicyclic) bond motifs is 1. The van der Waals surface area contributed by atoms with Crippen LogP contribution in [-0.4, -0.2) is 15.5 Å². The van der Waals surface area contributed by atoms with Crippen molar-refractivity contribution in [1.29, 1.82) is 0 Å². The topological polar surface area (TPSA) is 64.0 Å². The number of amides is 1. The van der Waals surface area contributed by atoms with E-state index in [-0.39, 0.29) is 18.0 Å². The molecule has 4 rings (SSSR count). The van der Waals surface area contributed by atoms with Gasteiger partial charge in [0.05, 0.1) is 11.7 Å². The Kier molecular flexibility index (Phi) is 5.74. The first-order valence-corrected chi connectivity index (χ1v) is 11.2. The molecule has 0 aliphatic heterocycles. The van der Waals surface area contributed by atoms with E-state index in [4.69, 9.17) is 0 Å². The molecule has 2 aromatic heterocycles. The number of nitrogens with one attached hydrogen (secondary N) is 1. The van der Waals surface area contributed by atoms with Crippen LogP contribution in [0.3, 0.4) is 0 Å². The number of hydrogen-bond acceptors (Lipinski definition) is 4. The van der Waals surface area contributed by atoms with Gasteiger partial charge in [0.1, 0.15) is 11.4 Å². The standard InChI is InChI=1S/C25H25N3O2S/c1-5-18-6-8-19(9-7-18)20-13-31-24-22(20)25(30)28(14-26-24)12-21(29)27-23-16(3)10-15(2)11-17(23)4/h6-11,13-14H,5,12H2,1-4H3,(H,27,29). The summed E-state index contributed by atoms with van der Waals surface area (Å²) in [6.07, 6.45) is 2.42. The van der Waals surface area contributed by atoms with Crippen molar-refractivity contribution in [1.82, 2.24) is 9.55 Å². The summed E-state index contributed by atoms with van der Waals surface area (Å²) in [6, 6.07) is 12.3. The van der Waals surface area contributed by atoms with E-state index in [1.54, 1.807) is 0 Å². The minimum absolute atomic E-state index is 0.0847. The Balaban J connectivity index is 1.65. The highest BCUT2D eigenvalue weighted by Gasteiger charge is 2.15. The molecule has 0 spiro atoms. The Morgan fingerprint density at radius 1 is 1.10 bits per heavy atom. The predicted octanol–water partition coefficient (Wildman–Crippen LogP) is 5.25. The zero-order valence-electron chi connectivity index (χ0n) is 18.2. The summed E-state index contributed by atoms with van der Waals surface area (Å²) in [5.41, 5.74) is 6.84. The predicted molar refractivity (Wildman–Crippen MR) is 128 cm³/mol. The maximum Gasteiger partial charge on any atom is 0.263 e. The lowest BCUT2D eigenvalue weighted by molar-refractivity contribution is -0.116. The number of nitrogens with zero attached hydrogens (tertiary/aromatic N) is 2. The molecule has 0 aliphatic rings. The summed E-state index contributed by atoms with van der Waals surface area (Å²) in [5.74, 6) is -0.248. The van der Waals surface area contributed by atoms with Crippen molar-refractivity contribution in [3.05, 3.63) is 80.7 Å². The van der Waals surface area contributed by atoms with E-state index in [1.807, 2.05) is 50.4 Å². The highest BCUT2D eigenvalue weighted by atomic mass is 32.1. The number of aromatic nitrogens is 2. The lowest BCUT2D eigenvalue weighted by Crippen LogP contribution is -2.28. The summed E-state index contributed by atoms with van der Waals surface area (Å²) in [5, 5.41) is 5.48. The lowest BCUT2D eigenvalue weighted by Gasteiger charge is -2.13. The van der Waals surface area contributed by atoms with Gasteiger partial charge < -0.3 is 5.32 Å². The minimum Gasteiger partial charge on any atom is -0.324 e. The van der Waals surface area contributed by atoms with Gasteiger partial charge in [0.25, 0.3) is 5.56 Å². The first-order valence-electron chi connectivity index (χ1n) is 10.3. The van der Waals surface area contributed by atoms with Gasteiger partial charge in [0.2, 0.25) is 5.91 Å². The number of aryl methyl sites for hydroxylation is 4. The molecule has 0 saturated heterocycles. The van der Waals surface area contributed by atoms with Crippen LogP contribution < -0.4 is 10.9 Å². The molecule has 0 fully saturated rings. The molecule has 6 heteroatoms. The highest BCUT2D eigenvalue weighted by molar-refractivity contribution is 7.17. The van der Waals surface area contributed by atoms with Crippen molar-refractivity contribution in [2.45, 2.75) is 40.7 Å². The summed E-state index contributed by atoms with van der Waals surface area (Å²) in [4.78, 5) is 31.1. The SMILES string of the molecule is CCc1ccc(-c2csc3ncn(CC(=O)Nc4c(C)cc(C)cc4C)c(=O)c23)cc1. The van der Waals surface area contributed by atoms with E-state index in [0.717, 1.165) is 39.9 Å². The molecule has 2 aromatic carbocycles. The fourth-order valence-corrected chi connectivity index (χ4v) is 4.83. The zero-order chi connectivity index (χ0) is 22.1. The smallest absolute Gasteiger partial charge is 0.263 e. The van der Waals surface area contributed by atoms with Gasteiger partial charge in [-0.1, -0.05) is 48.9 Å². The van der Waals surface area contributed by atoms with Crippen LogP contribution in [0.5, 0.6) is 0 Å². The quantitative estimate of drug-likeness (QED) is 0.469. The molecule has 0 bridgehead atoms. The summed E-state index contributed by atoms with van der Waals surface area (Å²) < 4.78 is 1.38. The van der Waals surface area contributed by atoms with E-state index >= 15 is 0 Å². The van der Waals surface area contributed by atoms with Gasteiger partial charge in [0.15, 0.2) is 0 Å². The molecule has 0 atom stereocenters. The number of benzene rings is 2. The Morgan fingerprint density at radius 3 is 2.42 bits per heavy atom. The van der Waals surface area contributed by atoms with E-state index in [0.29, 0.717) is 10.2 Å². The number of carbonyl (C=O) groups is 1. The van der Waals surface area contributed by atoms with Crippen LogP contribution in [0.15, 0.2) is 52.9 Å². The van der Waals surface area contributed by atoms with Crippen molar-refractivity contribution in [2.24, 2.45) is 0 Å². The first kappa shape index (κ1) is 21.0. The molecule has 1 N–H and O–H groups in total. The molecule has 5 nitrogen and oxygen atoms in total. The van der Waals surface area contributed by atoms with Crippen LogP contribution in [0.2, 0.25) is 0 Å². The van der Waals surface area contributed by atoms with Crippen molar-refractivity contribution in [2.75, 3.05) is 5.32 Å². The largest absolute Gasteiger partial charge is 0.324 e. The van der Waals surface area contributed by atoms with E-state index < -0.39 is 0 Å². The fraction of sp³-hybridized carbons (Fsp3) is 0.240. The van der Waals surface area contributed by atoms with Crippen LogP contribution in [0, 0.1) is 20.8 Å². The average molecular weight is 432 g/mol. The number of anilines is 1. The number of thiophene rings is 1. The monoisotopic (exact) mass is 431 g/mol. The molecule has 0 unspecified atom stereocenters. The zero-order valence-corrected chi connectivity index (χ0v) is 19.0. The Labute approximate surface area is 185 Å². The Hall–Kier alpha value is -3.25. The molecule has 0 saturated carbocycles. The van der Waals surface area contributed by atoms with Crippen LogP contribution >= 0.6 is 11.3 Å². The Bertz CT molecular complexity index is 1310. The minimum atomic E-state index is -0.248. The molecular formula is C25H25N3O2S. The number of hydrogen-bond donors (Lipinski definition) is 1. The van der Waals surface area contributed by atoms with Gasteiger partial charge in [-0.3, -0.25) is 14.2 Å². The molecule has 1 amide bonds. The van der Waals surface area contributed by atoms with E-state index in [1.165, 1.54) is 27.8 Å². The lowest BCUT2D eigenvalue weighted by atomic mass is 10.0. The first-order chi connectivity index (χ1) is 14.9. The van der Waals surface area contributed by atoms with Crippen LogP contribution in [0.1, 0.15) is 29.2 Å². The van der Waals surface area contributed by atoms with Gasteiger partial charge in [-0.2, -0.15) is 0 Å². The molecule has 0 radical (unpaired) electrons. The second-order valence-electron chi connectivity index (χ2n) is 7.88. The summed E-state index contributed by atoms with van der Waals surface area (Å²) in [6.45, 7) is 7.99. The van der Waals surface area contributed by atoms with Gasteiger partial charge in [-0.05, 0) is 49.4 Å². The highest BCUT2D eigenvalue weighted by Crippen LogP contribution is 2.31. The van der Waals surface area contributed by atoms with Crippen LogP contribution in [0.25, 0.3) is 21.3 Å².